The minimum Gasteiger partial charge on any atom is -0.390 e. The number of amides is 1. The summed E-state index contributed by atoms with van der Waals surface area (Å²) in [4.78, 5) is 14.1. The molecule has 3 nitrogen and oxygen atoms in total. The molecule has 1 atom stereocenters. The molecule has 0 bridgehead atoms. The van der Waals surface area contributed by atoms with Gasteiger partial charge in [0.05, 0.1) is 10.9 Å². The van der Waals surface area contributed by atoms with Crippen LogP contribution in [0.5, 0.6) is 0 Å². The van der Waals surface area contributed by atoms with Crippen molar-refractivity contribution in [3.05, 3.63) is 0 Å². The Labute approximate surface area is 102 Å². The first-order chi connectivity index (χ1) is 7.58. The second kappa shape index (κ2) is 4.96. The first-order valence-electron chi connectivity index (χ1n) is 6.21. The quantitative estimate of drug-likeness (QED) is 0.761. The maximum atomic E-state index is 12.2. The van der Waals surface area contributed by atoms with Crippen molar-refractivity contribution in [2.45, 2.75) is 49.9 Å². The third-order valence-corrected chi connectivity index (χ3v) is 4.97. The summed E-state index contributed by atoms with van der Waals surface area (Å²) in [5.41, 5.74) is -0.559. The number of aliphatic hydroxyl groups is 1. The Morgan fingerprint density at radius 3 is 2.62 bits per heavy atom. The standard InChI is InChI=1S/C12H21NO2S/c1-12(15)5-7-13(8-6-12)11(14)10-4-2-3-9-16-10/h10,15H,2-9H2,1H3. The Morgan fingerprint density at radius 2 is 2.06 bits per heavy atom. The zero-order valence-electron chi connectivity index (χ0n) is 9.95. The van der Waals surface area contributed by atoms with Crippen molar-refractivity contribution in [3.8, 4) is 0 Å². The molecular weight excluding hydrogens is 222 g/mol. The second-order valence-electron chi connectivity index (χ2n) is 5.18. The molecule has 4 heteroatoms. The number of likely N-dealkylation sites (tertiary alicyclic amines) is 1. The van der Waals surface area contributed by atoms with Gasteiger partial charge in [-0.3, -0.25) is 4.79 Å². The van der Waals surface area contributed by atoms with E-state index in [0.29, 0.717) is 5.91 Å². The zero-order valence-corrected chi connectivity index (χ0v) is 10.8. The summed E-state index contributed by atoms with van der Waals surface area (Å²) in [7, 11) is 0. The monoisotopic (exact) mass is 243 g/mol. The second-order valence-corrected chi connectivity index (χ2v) is 6.49. The molecule has 92 valence electrons. The van der Waals surface area contributed by atoms with Crippen LogP contribution in [0.1, 0.15) is 39.0 Å². The average molecular weight is 243 g/mol. The Morgan fingerprint density at radius 1 is 1.38 bits per heavy atom. The van der Waals surface area contributed by atoms with Crippen molar-refractivity contribution in [3.63, 3.8) is 0 Å². The molecule has 0 radical (unpaired) electrons. The summed E-state index contributed by atoms with van der Waals surface area (Å²) in [5, 5.41) is 10.0. The summed E-state index contributed by atoms with van der Waals surface area (Å²) >= 11 is 1.81. The molecule has 2 aliphatic heterocycles. The van der Waals surface area contributed by atoms with Crippen molar-refractivity contribution >= 4 is 17.7 Å². The molecule has 1 unspecified atom stereocenters. The van der Waals surface area contributed by atoms with Crippen molar-refractivity contribution < 1.29 is 9.90 Å². The number of rotatable bonds is 1. The lowest BCUT2D eigenvalue weighted by atomic mass is 9.93. The van der Waals surface area contributed by atoms with Crippen LogP contribution in [0.25, 0.3) is 0 Å². The van der Waals surface area contributed by atoms with Gasteiger partial charge in [0.25, 0.3) is 0 Å². The van der Waals surface area contributed by atoms with E-state index in [9.17, 15) is 9.90 Å². The van der Waals surface area contributed by atoms with Crippen LogP contribution in [0.15, 0.2) is 0 Å². The fourth-order valence-electron chi connectivity index (χ4n) is 2.35. The van der Waals surface area contributed by atoms with E-state index in [2.05, 4.69) is 0 Å². The van der Waals surface area contributed by atoms with E-state index < -0.39 is 5.60 Å². The number of nitrogens with zero attached hydrogens (tertiary/aromatic N) is 1. The summed E-state index contributed by atoms with van der Waals surface area (Å²) < 4.78 is 0. The molecule has 1 amide bonds. The van der Waals surface area contributed by atoms with Gasteiger partial charge in [0.1, 0.15) is 0 Å². The molecule has 2 heterocycles. The third-order valence-electron chi connectivity index (χ3n) is 3.61. The molecule has 2 saturated heterocycles. The Balaban J connectivity index is 1.86. The van der Waals surface area contributed by atoms with Gasteiger partial charge in [0, 0.05) is 13.1 Å². The molecule has 2 rings (SSSR count). The number of carbonyl (C=O) groups excluding carboxylic acids is 1. The number of thioether (sulfide) groups is 1. The SMILES string of the molecule is CC1(O)CCN(C(=O)C2CCCCS2)CC1. The molecule has 0 aromatic carbocycles. The normalized spacial score (nSPS) is 30.1. The first kappa shape index (κ1) is 12.2. The number of carbonyl (C=O) groups is 1. The molecule has 0 spiro atoms. The van der Waals surface area contributed by atoms with Crippen LogP contribution in [0.4, 0.5) is 0 Å². The smallest absolute Gasteiger partial charge is 0.235 e. The minimum absolute atomic E-state index is 0.191. The zero-order chi connectivity index (χ0) is 11.6. The summed E-state index contributed by atoms with van der Waals surface area (Å²) in [5.74, 6) is 1.43. The van der Waals surface area contributed by atoms with E-state index in [4.69, 9.17) is 0 Å². The van der Waals surface area contributed by atoms with Gasteiger partial charge in [0.2, 0.25) is 5.91 Å². The van der Waals surface area contributed by atoms with Gasteiger partial charge >= 0.3 is 0 Å². The lowest BCUT2D eigenvalue weighted by Gasteiger charge is -2.37. The molecule has 1 N–H and O–H groups in total. The Kier molecular flexibility index (Phi) is 3.80. The number of hydrogen-bond acceptors (Lipinski definition) is 3. The van der Waals surface area contributed by atoms with Crippen LogP contribution in [-0.4, -0.2) is 45.6 Å². The first-order valence-corrected chi connectivity index (χ1v) is 7.26. The highest BCUT2D eigenvalue weighted by atomic mass is 32.2. The largest absolute Gasteiger partial charge is 0.390 e. The predicted molar refractivity (Wildman–Crippen MR) is 66.5 cm³/mol. The molecular formula is C12H21NO2S. The van der Waals surface area contributed by atoms with Gasteiger partial charge in [-0.2, -0.15) is 0 Å². The van der Waals surface area contributed by atoms with Crippen molar-refractivity contribution in [2.75, 3.05) is 18.8 Å². The Bertz CT molecular complexity index is 252. The van der Waals surface area contributed by atoms with Crippen LogP contribution in [0, 0.1) is 0 Å². The van der Waals surface area contributed by atoms with E-state index in [-0.39, 0.29) is 5.25 Å². The van der Waals surface area contributed by atoms with Crippen molar-refractivity contribution in [2.24, 2.45) is 0 Å². The Hall–Kier alpha value is -0.220. The van der Waals surface area contributed by atoms with Crippen LogP contribution >= 0.6 is 11.8 Å². The van der Waals surface area contributed by atoms with Crippen LogP contribution in [-0.2, 0) is 4.79 Å². The number of piperidine rings is 1. The van der Waals surface area contributed by atoms with Crippen LogP contribution in [0.2, 0.25) is 0 Å². The van der Waals surface area contributed by atoms with Crippen LogP contribution < -0.4 is 0 Å². The molecule has 0 saturated carbocycles. The molecule has 0 aromatic heterocycles. The van der Waals surface area contributed by atoms with E-state index in [0.717, 1.165) is 38.1 Å². The highest BCUT2D eigenvalue weighted by molar-refractivity contribution is 8.00. The lowest BCUT2D eigenvalue weighted by Crippen LogP contribution is -2.48. The fraction of sp³-hybridized carbons (Fsp3) is 0.917. The van der Waals surface area contributed by atoms with Gasteiger partial charge in [-0.25, -0.2) is 0 Å². The lowest BCUT2D eigenvalue weighted by molar-refractivity contribution is -0.134. The summed E-state index contributed by atoms with van der Waals surface area (Å²) in [6.07, 6.45) is 4.92. The predicted octanol–water partition coefficient (Wildman–Crippen LogP) is 1.65. The van der Waals surface area contributed by atoms with Gasteiger partial charge < -0.3 is 10.0 Å². The van der Waals surface area contributed by atoms with Gasteiger partial charge in [-0.05, 0) is 38.4 Å². The maximum Gasteiger partial charge on any atom is 0.235 e. The van der Waals surface area contributed by atoms with E-state index >= 15 is 0 Å². The molecule has 2 aliphatic rings. The van der Waals surface area contributed by atoms with Gasteiger partial charge in [-0.15, -0.1) is 11.8 Å². The van der Waals surface area contributed by atoms with E-state index in [1.165, 1.54) is 12.8 Å². The fourth-order valence-corrected chi connectivity index (χ4v) is 3.63. The minimum atomic E-state index is -0.559. The van der Waals surface area contributed by atoms with Gasteiger partial charge in [-0.1, -0.05) is 6.42 Å². The highest BCUT2D eigenvalue weighted by Crippen LogP contribution is 2.29. The molecule has 0 aromatic rings. The van der Waals surface area contributed by atoms with Gasteiger partial charge in [0.15, 0.2) is 0 Å². The van der Waals surface area contributed by atoms with Crippen molar-refractivity contribution in [1.82, 2.24) is 4.90 Å². The third kappa shape index (κ3) is 2.92. The molecule has 0 aliphatic carbocycles. The van der Waals surface area contributed by atoms with Crippen molar-refractivity contribution in [1.29, 1.82) is 0 Å². The molecule has 16 heavy (non-hydrogen) atoms. The highest BCUT2D eigenvalue weighted by Gasteiger charge is 2.33. The summed E-state index contributed by atoms with van der Waals surface area (Å²) in [6, 6.07) is 0. The maximum absolute atomic E-state index is 12.2. The molecule has 2 fully saturated rings. The topological polar surface area (TPSA) is 40.5 Å². The average Bonchev–Trinajstić information content (AvgIpc) is 2.29. The summed E-state index contributed by atoms with van der Waals surface area (Å²) in [6.45, 7) is 3.32. The van der Waals surface area contributed by atoms with Crippen LogP contribution in [0.3, 0.4) is 0 Å². The van der Waals surface area contributed by atoms with E-state index in [1.54, 1.807) is 0 Å². The number of hydrogen-bond donors (Lipinski definition) is 1. The van der Waals surface area contributed by atoms with E-state index in [1.807, 2.05) is 23.6 Å².